The van der Waals surface area contributed by atoms with E-state index in [1.54, 1.807) is 12.5 Å². The van der Waals surface area contributed by atoms with Gasteiger partial charge in [-0.05, 0) is 62.2 Å². The minimum Gasteiger partial charge on any atom is -0.320 e. The fourth-order valence-corrected chi connectivity index (χ4v) is 4.88. The van der Waals surface area contributed by atoms with Crippen molar-refractivity contribution >= 4 is 34.3 Å². The Kier molecular flexibility index (Phi) is 3.66. The maximum Gasteiger partial charge on any atom is 0.116 e. The number of hydrogen-bond donors (Lipinski definition) is 0. The predicted octanol–water partition coefficient (Wildman–Crippen LogP) is 4.79. The summed E-state index contributed by atoms with van der Waals surface area (Å²) in [5.41, 5.74) is 6.22. The number of aromatic nitrogens is 3. The number of nitrogens with zero attached hydrogens (tertiary/aromatic N) is 4. The molecule has 1 fully saturated rings. The molecule has 0 radical (unpaired) electrons. The first-order chi connectivity index (χ1) is 12.6. The average Bonchev–Trinajstić information content (AvgIpc) is 3.06. The summed E-state index contributed by atoms with van der Waals surface area (Å²) in [5.74, 6) is 0. The zero-order valence-electron chi connectivity index (χ0n) is 15.0. The molecule has 2 aliphatic rings. The molecule has 26 heavy (non-hydrogen) atoms. The van der Waals surface area contributed by atoms with Crippen molar-refractivity contribution < 1.29 is 0 Å². The monoisotopic (exact) mass is 364 g/mol. The van der Waals surface area contributed by atoms with Crippen LogP contribution in [0.4, 0.5) is 0 Å². The number of rotatable bonds is 2. The maximum absolute atomic E-state index is 6.35. The highest BCUT2D eigenvalue weighted by Crippen LogP contribution is 2.47. The summed E-state index contributed by atoms with van der Waals surface area (Å²) >= 11 is 6.35. The Morgan fingerprint density at radius 1 is 1.27 bits per heavy atom. The van der Waals surface area contributed by atoms with Crippen LogP contribution in [0, 0.1) is 0 Å². The summed E-state index contributed by atoms with van der Waals surface area (Å²) in [4.78, 5) is 11.0. The highest BCUT2D eigenvalue weighted by molar-refractivity contribution is 6.31. The normalized spacial score (nSPS) is 22.8. The van der Waals surface area contributed by atoms with Crippen LogP contribution < -0.4 is 0 Å². The van der Waals surface area contributed by atoms with E-state index in [0.29, 0.717) is 12.1 Å². The molecule has 5 heteroatoms. The maximum atomic E-state index is 6.35. The Morgan fingerprint density at radius 2 is 2.15 bits per heavy atom. The molecular formula is C21H21ClN4. The molecule has 2 aromatic heterocycles. The van der Waals surface area contributed by atoms with E-state index < -0.39 is 0 Å². The van der Waals surface area contributed by atoms with Crippen molar-refractivity contribution in [2.24, 2.45) is 0 Å². The Balaban J connectivity index is 1.75. The number of hydrogen-bond acceptors (Lipinski definition) is 3. The second-order valence-electron chi connectivity index (χ2n) is 7.42. The van der Waals surface area contributed by atoms with Crippen molar-refractivity contribution in [3.8, 4) is 0 Å². The highest BCUT2D eigenvalue weighted by Gasteiger charge is 2.40. The highest BCUT2D eigenvalue weighted by atomic mass is 35.5. The first kappa shape index (κ1) is 16.0. The van der Waals surface area contributed by atoms with Gasteiger partial charge in [-0.25, -0.2) is 9.97 Å². The van der Waals surface area contributed by atoms with E-state index in [9.17, 15) is 0 Å². The second kappa shape index (κ2) is 5.93. The van der Waals surface area contributed by atoms with Crippen molar-refractivity contribution in [2.45, 2.75) is 38.3 Å². The number of fused-ring (bicyclic) bond motifs is 6. The molecule has 0 aliphatic carbocycles. The van der Waals surface area contributed by atoms with Gasteiger partial charge >= 0.3 is 0 Å². The van der Waals surface area contributed by atoms with Gasteiger partial charge in [0.05, 0.1) is 11.2 Å². The lowest BCUT2D eigenvalue weighted by molar-refractivity contribution is 0.223. The van der Waals surface area contributed by atoms with Crippen molar-refractivity contribution in [3.05, 3.63) is 58.8 Å². The molecule has 0 amide bonds. The van der Waals surface area contributed by atoms with Crippen molar-refractivity contribution in [2.75, 3.05) is 7.05 Å². The van der Waals surface area contributed by atoms with Crippen LogP contribution in [0.3, 0.4) is 0 Å². The lowest BCUT2D eigenvalue weighted by atomic mass is 9.97. The molecule has 4 nitrogen and oxygen atoms in total. The lowest BCUT2D eigenvalue weighted by Gasteiger charge is -2.32. The van der Waals surface area contributed by atoms with Crippen molar-refractivity contribution in [1.82, 2.24) is 19.4 Å². The lowest BCUT2D eigenvalue weighted by Crippen LogP contribution is -2.34. The molecule has 2 bridgehead atoms. The smallest absolute Gasteiger partial charge is 0.116 e. The zero-order valence-corrected chi connectivity index (χ0v) is 15.7. The zero-order chi connectivity index (χ0) is 17.8. The van der Waals surface area contributed by atoms with Crippen LogP contribution in [0.15, 0.2) is 36.8 Å². The van der Waals surface area contributed by atoms with Gasteiger partial charge in [-0.1, -0.05) is 11.6 Å². The second-order valence-corrected chi connectivity index (χ2v) is 7.85. The van der Waals surface area contributed by atoms with Gasteiger partial charge in [0, 0.05) is 47.0 Å². The first-order valence-electron chi connectivity index (χ1n) is 9.12. The minimum atomic E-state index is 0.499. The Hall–Kier alpha value is -2.17. The topological polar surface area (TPSA) is 34.0 Å². The van der Waals surface area contributed by atoms with Crippen LogP contribution in [0.1, 0.15) is 42.8 Å². The SMILES string of the molecule is C/C(=C/n1c2c(c3cc(Cl)ccc31)C1CCC(C2)N1C)c1ccncn1. The Morgan fingerprint density at radius 3 is 2.96 bits per heavy atom. The van der Waals surface area contributed by atoms with Crippen molar-refractivity contribution in [1.29, 1.82) is 0 Å². The summed E-state index contributed by atoms with van der Waals surface area (Å²) < 4.78 is 2.37. The van der Waals surface area contributed by atoms with Gasteiger partial charge in [0.25, 0.3) is 0 Å². The number of benzene rings is 1. The van der Waals surface area contributed by atoms with Crippen LogP contribution >= 0.6 is 11.6 Å². The van der Waals surface area contributed by atoms with Crippen LogP contribution in [-0.4, -0.2) is 32.5 Å². The third-order valence-electron chi connectivity index (χ3n) is 6.02. The molecule has 0 spiro atoms. The summed E-state index contributed by atoms with van der Waals surface area (Å²) in [6.07, 6.45) is 9.20. The third-order valence-corrected chi connectivity index (χ3v) is 6.26. The fraction of sp³-hybridized carbons (Fsp3) is 0.333. The quantitative estimate of drug-likeness (QED) is 0.655. The molecule has 5 rings (SSSR count). The molecule has 1 saturated heterocycles. The third kappa shape index (κ3) is 2.32. The molecule has 2 atom stereocenters. The standard InChI is InChI=1S/C21H21ClN4/c1-13(17-7-8-23-12-24-17)11-26-18-5-3-14(22)9-16(18)21-19-6-4-15(25(19)2)10-20(21)26/h3,5,7-9,11-12,15,19H,4,6,10H2,1-2H3/b13-11-. The van der Waals surface area contributed by atoms with E-state index in [1.165, 1.54) is 35.0 Å². The summed E-state index contributed by atoms with van der Waals surface area (Å²) in [7, 11) is 2.26. The Labute approximate surface area is 158 Å². The molecule has 3 aromatic rings. The molecular weight excluding hydrogens is 344 g/mol. The molecule has 1 aromatic carbocycles. The van der Waals surface area contributed by atoms with Crippen molar-refractivity contribution in [3.63, 3.8) is 0 Å². The van der Waals surface area contributed by atoms with Crippen LogP contribution in [0.5, 0.6) is 0 Å². The number of allylic oxidation sites excluding steroid dienone is 1. The van der Waals surface area contributed by atoms with E-state index in [1.807, 2.05) is 12.1 Å². The van der Waals surface area contributed by atoms with E-state index in [0.717, 1.165) is 22.7 Å². The largest absolute Gasteiger partial charge is 0.320 e. The summed E-state index contributed by atoms with van der Waals surface area (Å²) in [6, 6.07) is 9.36. The predicted molar refractivity (Wildman–Crippen MR) is 106 cm³/mol. The Bertz CT molecular complexity index is 1020. The first-order valence-corrected chi connectivity index (χ1v) is 9.50. The van der Waals surface area contributed by atoms with Crippen LogP contribution in [0.25, 0.3) is 22.7 Å². The van der Waals surface area contributed by atoms with Gasteiger partial charge in [-0.15, -0.1) is 0 Å². The summed E-state index contributed by atoms with van der Waals surface area (Å²) in [5, 5.41) is 2.09. The summed E-state index contributed by atoms with van der Waals surface area (Å²) in [6.45, 7) is 2.11. The minimum absolute atomic E-state index is 0.499. The molecule has 132 valence electrons. The van der Waals surface area contributed by atoms with Crippen LogP contribution in [0.2, 0.25) is 5.02 Å². The van der Waals surface area contributed by atoms with Gasteiger partial charge < -0.3 is 4.57 Å². The van der Waals surface area contributed by atoms with E-state index in [4.69, 9.17) is 11.6 Å². The van der Waals surface area contributed by atoms with E-state index >= 15 is 0 Å². The number of likely N-dealkylation sites (N-methyl/N-ethyl adjacent to an activating group) is 1. The van der Waals surface area contributed by atoms with Gasteiger partial charge in [0.15, 0.2) is 0 Å². The van der Waals surface area contributed by atoms with E-state index in [2.05, 4.69) is 51.7 Å². The molecule has 2 aliphatic heterocycles. The average molecular weight is 365 g/mol. The molecule has 2 unspecified atom stereocenters. The fourth-order valence-electron chi connectivity index (χ4n) is 4.71. The van der Waals surface area contributed by atoms with Gasteiger partial charge in [0.1, 0.15) is 6.33 Å². The van der Waals surface area contributed by atoms with E-state index in [-0.39, 0.29) is 0 Å². The van der Waals surface area contributed by atoms with Crippen LogP contribution in [-0.2, 0) is 6.42 Å². The molecule has 0 N–H and O–H groups in total. The van der Waals surface area contributed by atoms with Gasteiger partial charge in [-0.2, -0.15) is 0 Å². The molecule has 0 saturated carbocycles. The molecule has 4 heterocycles. The van der Waals surface area contributed by atoms with Gasteiger partial charge in [-0.3, -0.25) is 4.90 Å². The number of halogens is 1. The van der Waals surface area contributed by atoms with Gasteiger partial charge in [0.2, 0.25) is 0 Å².